The number of carbonyl (C=O) groups is 1. The van der Waals surface area contributed by atoms with E-state index in [-0.39, 0.29) is 42.7 Å². The van der Waals surface area contributed by atoms with E-state index in [9.17, 15) is 23.3 Å². The van der Waals surface area contributed by atoms with Crippen LogP contribution in [0.1, 0.15) is 27.0 Å². The van der Waals surface area contributed by atoms with E-state index in [4.69, 9.17) is 0 Å². The van der Waals surface area contributed by atoms with E-state index < -0.39 is 14.9 Å². The molecule has 2 aromatic rings. The third-order valence-corrected chi connectivity index (χ3v) is 7.04. The van der Waals surface area contributed by atoms with E-state index in [2.05, 4.69) is 0 Å². The highest BCUT2D eigenvalue weighted by Gasteiger charge is 2.32. The van der Waals surface area contributed by atoms with Gasteiger partial charge < -0.3 is 4.90 Å². The van der Waals surface area contributed by atoms with Crippen molar-refractivity contribution in [3.05, 3.63) is 68.8 Å². The second kappa shape index (κ2) is 7.92. The number of nitro benzene ring substituents is 1. The summed E-state index contributed by atoms with van der Waals surface area (Å²) in [5, 5.41) is 11.0. The van der Waals surface area contributed by atoms with Gasteiger partial charge in [-0.3, -0.25) is 14.9 Å². The fraction of sp³-hybridized carbons (Fsp3) is 0.350. The van der Waals surface area contributed by atoms with E-state index in [1.165, 1.54) is 16.4 Å². The summed E-state index contributed by atoms with van der Waals surface area (Å²) in [4.78, 5) is 24.8. The lowest BCUT2D eigenvalue weighted by Gasteiger charge is -2.34. The summed E-state index contributed by atoms with van der Waals surface area (Å²) < 4.78 is 27.3. The number of hydrogen-bond donors (Lipinski definition) is 0. The second-order valence-corrected chi connectivity index (χ2v) is 9.19. The molecule has 0 bridgehead atoms. The Kier molecular flexibility index (Phi) is 5.72. The van der Waals surface area contributed by atoms with Gasteiger partial charge in [0.15, 0.2) is 0 Å². The van der Waals surface area contributed by atoms with Crippen LogP contribution in [0.3, 0.4) is 0 Å². The quantitative estimate of drug-likeness (QED) is 0.562. The molecule has 3 rings (SSSR count). The molecule has 0 aromatic heterocycles. The second-order valence-electron chi connectivity index (χ2n) is 7.28. The lowest BCUT2D eigenvalue weighted by Crippen LogP contribution is -2.50. The molecule has 154 valence electrons. The van der Waals surface area contributed by atoms with E-state index in [0.29, 0.717) is 11.1 Å². The Labute approximate surface area is 169 Å². The van der Waals surface area contributed by atoms with Crippen LogP contribution >= 0.6 is 0 Å². The van der Waals surface area contributed by atoms with E-state index in [1.807, 2.05) is 32.0 Å². The van der Waals surface area contributed by atoms with Gasteiger partial charge in [-0.15, -0.1) is 0 Å². The Bertz CT molecular complexity index is 1050. The number of amides is 1. The summed E-state index contributed by atoms with van der Waals surface area (Å²) in [7, 11) is -3.88. The standard InChI is InChI=1S/C20H23N3O5S/c1-14-10-15(2)12-17(11-14)20(24)21-6-8-22(9-7-21)29(27,28)19-13-18(23(25)26)5-4-16(19)3/h4-5,10-13H,6-9H2,1-3H3. The molecule has 2 aromatic carbocycles. The van der Waals surface area contributed by atoms with Crippen molar-refractivity contribution in [1.29, 1.82) is 0 Å². The fourth-order valence-corrected chi connectivity index (χ4v) is 5.20. The maximum atomic E-state index is 13.0. The van der Waals surface area contributed by atoms with Gasteiger partial charge in [0.25, 0.3) is 11.6 Å². The summed E-state index contributed by atoms with van der Waals surface area (Å²) in [5.74, 6) is -0.125. The first kappa shape index (κ1) is 20.9. The van der Waals surface area contributed by atoms with Crippen LogP contribution in [-0.2, 0) is 10.0 Å². The topological polar surface area (TPSA) is 101 Å². The number of rotatable bonds is 4. The van der Waals surface area contributed by atoms with Crippen LogP contribution in [0.25, 0.3) is 0 Å². The van der Waals surface area contributed by atoms with Crippen molar-refractivity contribution in [2.75, 3.05) is 26.2 Å². The van der Waals surface area contributed by atoms with Gasteiger partial charge in [0.2, 0.25) is 10.0 Å². The number of sulfonamides is 1. The minimum Gasteiger partial charge on any atom is -0.336 e. The molecular weight excluding hydrogens is 394 g/mol. The van der Waals surface area contributed by atoms with Crippen molar-refractivity contribution >= 4 is 21.6 Å². The van der Waals surface area contributed by atoms with Gasteiger partial charge in [-0.1, -0.05) is 23.3 Å². The number of benzene rings is 2. The molecule has 0 unspecified atom stereocenters. The van der Waals surface area contributed by atoms with Crippen LogP contribution in [0.15, 0.2) is 41.3 Å². The molecule has 0 aliphatic carbocycles. The molecule has 1 amide bonds. The van der Waals surface area contributed by atoms with Crippen molar-refractivity contribution in [2.45, 2.75) is 25.7 Å². The molecule has 1 aliphatic rings. The first-order valence-electron chi connectivity index (χ1n) is 9.22. The molecule has 0 saturated carbocycles. The maximum Gasteiger partial charge on any atom is 0.270 e. The van der Waals surface area contributed by atoms with Crippen molar-refractivity contribution in [3.8, 4) is 0 Å². The summed E-state index contributed by atoms with van der Waals surface area (Å²) in [6.07, 6.45) is 0. The van der Waals surface area contributed by atoms with Gasteiger partial charge in [0, 0.05) is 43.9 Å². The third-order valence-electron chi connectivity index (χ3n) is 4.99. The minimum atomic E-state index is -3.88. The molecule has 1 heterocycles. The molecule has 8 nitrogen and oxygen atoms in total. The van der Waals surface area contributed by atoms with Crippen molar-refractivity contribution in [3.63, 3.8) is 0 Å². The van der Waals surface area contributed by atoms with Crippen molar-refractivity contribution < 1.29 is 18.1 Å². The van der Waals surface area contributed by atoms with Crippen LogP contribution in [0.2, 0.25) is 0 Å². The minimum absolute atomic E-state index is 0.0687. The number of piperazine rings is 1. The molecule has 9 heteroatoms. The van der Waals surface area contributed by atoms with Gasteiger partial charge in [-0.05, 0) is 38.5 Å². The largest absolute Gasteiger partial charge is 0.336 e. The fourth-order valence-electron chi connectivity index (χ4n) is 3.53. The molecule has 1 saturated heterocycles. The zero-order valence-corrected chi connectivity index (χ0v) is 17.4. The highest BCUT2D eigenvalue weighted by molar-refractivity contribution is 7.89. The summed E-state index contributed by atoms with van der Waals surface area (Å²) >= 11 is 0. The zero-order chi connectivity index (χ0) is 21.3. The number of aryl methyl sites for hydroxylation is 3. The molecular formula is C20H23N3O5S. The molecule has 0 spiro atoms. The van der Waals surface area contributed by atoms with Gasteiger partial charge in [-0.25, -0.2) is 8.42 Å². The Morgan fingerprint density at radius 1 is 0.966 bits per heavy atom. The lowest BCUT2D eigenvalue weighted by atomic mass is 10.1. The maximum absolute atomic E-state index is 13.0. The first-order chi connectivity index (χ1) is 13.6. The Morgan fingerprint density at radius 2 is 1.55 bits per heavy atom. The highest BCUT2D eigenvalue weighted by Crippen LogP contribution is 2.26. The average molecular weight is 417 g/mol. The number of hydrogen-bond acceptors (Lipinski definition) is 5. The van der Waals surface area contributed by atoms with Crippen LogP contribution < -0.4 is 0 Å². The van der Waals surface area contributed by atoms with Gasteiger partial charge in [0.05, 0.1) is 9.82 Å². The summed E-state index contributed by atoms with van der Waals surface area (Å²) in [5.41, 5.74) is 2.77. The van der Waals surface area contributed by atoms with Crippen LogP contribution in [-0.4, -0.2) is 54.6 Å². The Hall–Kier alpha value is -2.78. The highest BCUT2D eigenvalue weighted by atomic mass is 32.2. The van der Waals surface area contributed by atoms with Gasteiger partial charge in [-0.2, -0.15) is 4.31 Å². The number of carbonyl (C=O) groups excluding carboxylic acids is 1. The summed E-state index contributed by atoms with van der Waals surface area (Å²) in [6, 6.07) is 9.45. The molecule has 1 aliphatic heterocycles. The van der Waals surface area contributed by atoms with Gasteiger partial charge in [0.1, 0.15) is 0 Å². The van der Waals surface area contributed by atoms with Crippen molar-refractivity contribution in [2.24, 2.45) is 0 Å². The molecule has 29 heavy (non-hydrogen) atoms. The number of non-ortho nitro benzene ring substituents is 1. The Morgan fingerprint density at radius 3 is 2.10 bits per heavy atom. The summed E-state index contributed by atoms with van der Waals surface area (Å²) in [6.45, 7) is 6.27. The molecule has 0 atom stereocenters. The van der Waals surface area contributed by atoms with Crippen LogP contribution in [0.5, 0.6) is 0 Å². The number of nitrogens with zero attached hydrogens (tertiary/aromatic N) is 3. The Balaban J connectivity index is 1.77. The number of nitro groups is 1. The van der Waals surface area contributed by atoms with E-state index >= 15 is 0 Å². The zero-order valence-electron chi connectivity index (χ0n) is 16.6. The molecule has 0 N–H and O–H groups in total. The smallest absolute Gasteiger partial charge is 0.270 e. The van der Waals surface area contributed by atoms with E-state index in [1.54, 1.807) is 11.8 Å². The predicted octanol–water partition coefficient (Wildman–Crippen LogP) is 2.67. The third kappa shape index (κ3) is 4.30. The monoisotopic (exact) mass is 417 g/mol. The average Bonchev–Trinajstić information content (AvgIpc) is 2.66. The van der Waals surface area contributed by atoms with Crippen LogP contribution in [0, 0.1) is 30.9 Å². The molecule has 0 radical (unpaired) electrons. The van der Waals surface area contributed by atoms with Crippen molar-refractivity contribution in [1.82, 2.24) is 9.21 Å². The predicted molar refractivity (Wildman–Crippen MR) is 108 cm³/mol. The van der Waals surface area contributed by atoms with Gasteiger partial charge >= 0.3 is 0 Å². The first-order valence-corrected chi connectivity index (χ1v) is 10.7. The normalized spacial score (nSPS) is 15.3. The SMILES string of the molecule is Cc1cc(C)cc(C(=O)N2CCN(S(=O)(=O)c3cc([N+](=O)[O-])ccc3C)CC2)c1. The lowest BCUT2D eigenvalue weighted by molar-refractivity contribution is -0.385. The molecule has 1 fully saturated rings. The van der Waals surface area contributed by atoms with E-state index in [0.717, 1.165) is 17.2 Å². The van der Waals surface area contributed by atoms with Crippen LogP contribution in [0.4, 0.5) is 5.69 Å².